The summed E-state index contributed by atoms with van der Waals surface area (Å²) >= 11 is 0. The van der Waals surface area contributed by atoms with E-state index in [0.29, 0.717) is 17.9 Å². The third kappa shape index (κ3) is 5.84. The minimum Gasteiger partial charge on any atom is -0.397 e. The second-order valence-electron chi connectivity index (χ2n) is 4.50. The second kappa shape index (κ2) is 7.18. The number of nitrogens with one attached hydrogen (secondary N) is 1. The first-order valence-electron chi connectivity index (χ1n) is 5.45. The summed E-state index contributed by atoms with van der Waals surface area (Å²) in [4.78, 5) is 15.7. The van der Waals surface area contributed by atoms with Crippen LogP contribution in [0.3, 0.4) is 0 Å². The lowest BCUT2D eigenvalue weighted by atomic mass is 10.1. The molecule has 0 spiro atoms. The van der Waals surface area contributed by atoms with Crippen molar-refractivity contribution < 1.29 is 9.53 Å². The number of nitrogens with zero attached hydrogens (tertiary/aromatic N) is 1. The number of anilines is 1. The van der Waals surface area contributed by atoms with E-state index in [1.54, 1.807) is 25.4 Å². The summed E-state index contributed by atoms with van der Waals surface area (Å²) < 4.78 is 5.21. The lowest BCUT2D eigenvalue weighted by Gasteiger charge is -2.23. The minimum absolute atomic E-state index is 0. The zero-order valence-electron chi connectivity index (χ0n) is 10.9. The summed E-state index contributed by atoms with van der Waals surface area (Å²) in [6.07, 6.45) is 1.79. The Balaban J connectivity index is 0.00000289. The molecule has 1 aromatic rings. The maximum absolute atomic E-state index is 11.6. The average Bonchev–Trinajstić information content (AvgIpc) is 2.30. The van der Waals surface area contributed by atoms with Gasteiger partial charge in [-0.1, -0.05) is 0 Å². The van der Waals surface area contributed by atoms with Crippen LogP contribution in [0, 0.1) is 0 Å². The Kier molecular flexibility index (Phi) is 6.65. The lowest BCUT2D eigenvalue weighted by Crippen LogP contribution is -2.40. The number of amides is 1. The molecule has 1 heterocycles. The third-order valence-electron chi connectivity index (χ3n) is 2.45. The van der Waals surface area contributed by atoms with Crippen LogP contribution in [0.25, 0.3) is 0 Å². The van der Waals surface area contributed by atoms with Gasteiger partial charge in [-0.3, -0.25) is 9.78 Å². The number of ether oxygens (including phenoxy) is 1. The van der Waals surface area contributed by atoms with Crippen LogP contribution in [0.2, 0.25) is 0 Å². The molecule has 5 nitrogen and oxygen atoms in total. The summed E-state index contributed by atoms with van der Waals surface area (Å²) in [6, 6.07) is 3.48. The second-order valence-corrected chi connectivity index (χ2v) is 4.50. The molecule has 102 valence electrons. The molecule has 1 aromatic heterocycles. The SMILES string of the molecule is COC(C)(C)CNC(=O)Cc1ccc(N)cn1.Cl. The highest BCUT2D eigenvalue weighted by Crippen LogP contribution is 2.05. The van der Waals surface area contributed by atoms with Gasteiger partial charge in [0.25, 0.3) is 0 Å². The van der Waals surface area contributed by atoms with Crippen LogP contribution in [0.15, 0.2) is 18.3 Å². The maximum Gasteiger partial charge on any atom is 0.226 e. The molecule has 1 amide bonds. The first-order chi connectivity index (χ1) is 7.93. The highest BCUT2D eigenvalue weighted by Gasteiger charge is 2.17. The summed E-state index contributed by atoms with van der Waals surface area (Å²) in [5.74, 6) is -0.0765. The number of carbonyl (C=O) groups excluding carboxylic acids is 1. The molecule has 0 fully saturated rings. The van der Waals surface area contributed by atoms with Gasteiger partial charge in [0.15, 0.2) is 0 Å². The number of carbonyl (C=O) groups is 1. The average molecular weight is 274 g/mol. The van der Waals surface area contributed by atoms with Crippen LogP contribution in [0.5, 0.6) is 0 Å². The molecule has 0 aromatic carbocycles. The molecule has 0 saturated heterocycles. The van der Waals surface area contributed by atoms with E-state index in [1.807, 2.05) is 13.8 Å². The van der Waals surface area contributed by atoms with E-state index in [0.717, 1.165) is 0 Å². The lowest BCUT2D eigenvalue weighted by molar-refractivity contribution is -0.121. The van der Waals surface area contributed by atoms with E-state index >= 15 is 0 Å². The molecule has 0 unspecified atom stereocenters. The predicted octanol–water partition coefficient (Wildman–Crippen LogP) is 1.17. The summed E-state index contributed by atoms with van der Waals surface area (Å²) in [7, 11) is 1.62. The molecule has 0 aliphatic rings. The van der Waals surface area contributed by atoms with Crippen LogP contribution < -0.4 is 11.1 Å². The Bertz CT molecular complexity index is 379. The van der Waals surface area contributed by atoms with Crippen LogP contribution in [-0.4, -0.2) is 30.1 Å². The molecule has 0 radical (unpaired) electrons. The molecule has 1 rings (SSSR count). The fraction of sp³-hybridized carbons (Fsp3) is 0.500. The Morgan fingerprint density at radius 1 is 1.50 bits per heavy atom. The predicted molar refractivity (Wildman–Crippen MR) is 73.7 cm³/mol. The van der Waals surface area contributed by atoms with Crippen LogP contribution in [-0.2, 0) is 16.0 Å². The van der Waals surface area contributed by atoms with Gasteiger partial charge in [-0.25, -0.2) is 0 Å². The fourth-order valence-electron chi connectivity index (χ4n) is 1.15. The standard InChI is InChI=1S/C12H19N3O2.ClH/c1-12(2,17-3)8-15-11(16)6-10-5-4-9(13)7-14-10;/h4-5,7H,6,8,13H2,1-3H3,(H,15,16);1H. The van der Waals surface area contributed by atoms with Crippen molar-refractivity contribution in [3.63, 3.8) is 0 Å². The van der Waals surface area contributed by atoms with Crippen molar-refractivity contribution in [1.29, 1.82) is 0 Å². The van der Waals surface area contributed by atoms with Crippen molar-refractivity contribution in [2.24, 2.45) is 0 Å². The molecule has 0 aliphatic heterocycles. The molecule has 18 heavy (non-hydrogen) atoms. The van der Waals surface area contributed by atoms with Crippen molar-refractivity contribution >= 4 is 24.0 Å². The van der Waals surface area contributed by atoms with Crippen LogP contribution in [0.1, 0.15) is 19.5 Å². The maximum atomic E-state index is 11.6. The Morgan fingerprint density at radius 2 is 2.17 bits per heavy atom. The molecular weight excluding hydrogens is 254 g/mol. The number of pyridine rings is 1. The quantitative estimate of drug-likeness (QED) is 0.844. The Labute approximate surface area is 114 Å². The van der Waals surface area contributed by atoms with Gasteiger partial charge in [0.05, 0.1) is 23.9 Å². The number of nitrogen functional groups attached to an aromatic ring is 1. The number of hydrogen-bond donors (Lipinski definition) is 2. The van der Waals surface area contributed by atoms with Gasteiger partial charge in [0.1, 0.15) is 0 Å². The molecular formula is C12H20ClN3O2. The van der Waals surface area contributed by atoms with E-state index in [1.165, 1.54) is 0 Å². The highest BCUT2D eigenvalue weighted by atomic mass is 35.5. The largest absolute Gasteiger partial charge is 0.397 e. The third-order valence-corrected chi connectivity index (χ3v) is 2.45. The monoisotopic (exact) mass is 273 g/mol. The molecule has 6 heteroatoms. The number of methoxy groups -OCH3 is 1. The van der Waals surface area contributed by atoms with Crippen molar-refractivity contribution in [2.75, 3.05) is 19.4 Å². The topological polar surface area (TPSA) is 77.2 Å². The summed E-state index contributed by atoms with van der Waals surface area (Å²) in [6.45, 7) is 4.29. The first-order valence-corrected chi connectivity index (χ1v) is 5.45. The number of nitrogens with two attached hydrogens (primary N) is 1. The van der Waals surface area contributed by atoms with Gasteiger partial charge < -0.3 is 15.8 Å². The molecule has 0 aliphatic carbocycles. The van der Waals surface area contributed by atoms with E-state index in [9.17, 15) is 4.79 Å². The number of aromatic nitrogens is 1. The number of rotatable bonds is 5. The highest BCUT2D eigenvalue weighted by molar-refractivity contribution is 5.85. The normalized spacial score (nSPS) is 10.6. The summed E-state index contributed by atoms with van der Waals surface area (Å²) in [5.41, 5.74) is 6.45. The number of halogens is 1. The van der Waals surface area contributed by atoms with Crippen LogP contribution in [0.4, 0.5) is 5.69 Å². The molecule has 0 saturated carbocycles. The van der Waals surface area contributed by atoms with E-state index in [2.05, 4.69) is 10.3 Å². The Morgan fingerprint density at radius 3 is 2.67 bits per heavy atom. The Hall–Kier alpha value is -1.33. The summed E-state index contributed by atoms with van der Waals surface area (Å²) in [5, 5.41) is 2.80. The fourth-order valence-corrected chi connectivity index (χ4v) is 1.15. The number of hydrogen-bond acceptors (Lipinski definition) is 4. The van der Waals surface area contributed by atoms with Crippen molar-refractivity contribution in [3.05, 3.63) is 24.0 Å². The van der Waals surface area contributed by atoms with Gasteiger partial charge in [-0.15, -0.1) is 12.4 Å². The van der Waals surface area contributed by atoms with E-state index < -0.39 is 0 Å². The zero-order chi connectivity index (χ0) is 12.9. The van der Waals surface area contributed by atoms with Crippen molar-refractivity contribution in [1.82, 2.24) is 10.3 Å². The van der Waals surface area contributed by atoms with Crippen molar-refractivity contribution in [2.45, 2.75) is 25.9 Å². The molecule has 0 bridgehead atoms. The molecule has 3 N–H and O–H groups in total. The van der Waals surface area contributed by atoms with E-state index in [-0.39, 0.29) is 30.3 Å². The molecule has 0 atom stereocenters. The van der Waals surface area contributed by atoms with Gasteiger partial charge >= 0.3 is 0 Å². The van der Waals surface area contributed by atoms with Gasteiger partial charge in [0.2, 0.25) is 5.91 Å². The van der Waals surface area contributed by atoms with Crippen LogP contribution >= 0.6 is 12.4 Å². The smallest absolute Gasteiger partial charge is 0.226 e. The van der Waals surface area contributed by atoms with E-state index in [4.69, 9.17) is 10.5 Å². The van der Waals surface area contributed by atoms with Gasteiger partial charge in [-0.2, -0.15) is 0 Å². The van der Waals surface area contributed by atoms with Gasteiger partial charge in [-0.05, 0) is 26.0 Å². The van der Waals surface area contributed by atoms with Crippen molar-refractivity contribution in [3.8, 4) is 0 Å². The first kappa shape index (κ1) is 16.7. The zero-order valence-corrected chi connectivity index (χ0v) is 11.7. The minimum atomic E-state index is -0.357. The van der Waals surface area contributed by atoms with Gasteiger partial charge in [0, 0.05) is 19.3 Å².